The fourth-order valence-corrected chi connectivity index (χ4v) is 2.37. The maximum atomic E-state index is 12.6. The maximum absolute atomic E-state index is 12.6. The summed E-state index contributed by atoms with van der Waals surface area (Å²) in [6, 6.07) is 5.45. The molecular formula is C16H18BrN3O2. The third-order valence-electron chi connectivity index (χ3n) is 3.24. The summed E-state index contributed by atoms with van der Waals surface area (Å²) in [5, 5.41) is 2.85. The van der Waals surface area contributed by atoms with Gasteiger partial charge in [0.1, 0.15) is 11.6 Å². The number of amides is 1. The minimum absolute atomic E-state index is 0.0910. The van der Waals surface area contributed by atoms with E-state index < -0.39 is 0 Å². The number of ether oxygens (including phenoxy) is 1. The number of halogens is 1. The molecule has 0 bridgehead atoms. The van der Waals surface area contributed by atoms with E-state index in [-0.39, 0.29) is 11.8 Å². The Hall–Kier alpha value is -1.95. The molecule has 116 valence electrons. The lowest BCUT2D eigenvalue weighted by atomic mass is 9.95. The molecule has 22 heavy (non-hydrogen) atoms. The Balaban J connectivity index is 2.18. The largest absolute Gasteiger partial charge is 0.495 e. The molecule has 0 aromatic carbocycles. The summed E-state index contributed by atoms with van der Waals surface area (Å²) >= 11 is 3.32. The van der Waals surface area contributed by atoms with Crippen molar-refractivity contribution >= 4 is 27.7 Å². The summed E-state index contributed by atoms with van der Waals surface area (Å²) < 4.78 is 6.05. The van der Waals surface area contributed by atoms with Crippen LogP contribution in [0.3, 0.4) is 0 Å². The van der Waals surface area contributed by atoms with Gasteiger partial charge in [0.25, 0.3) is 0 Å². The predicted octanol–water partition coefficient (Wildman–Crippen LogP) is 3.77. The monoisotopic (exact) mass is 363 g/mol. The molecule has 1 N–H and O–H groups in total. The molecule has 2 heterocycles. The van der Waals surface area contributed by atoms with Gasteiger partial charge in [-0.15, -0.1) is 0 Å². The second-order valence-electron chi connectivity index (χ2n) is 4.85. The summed E-state index contributed by atoms with van der Waals surface area (Å²) in [5.41, 5.74) is 0.843. The predicted molar refractivity (Wildman–Crippen MR) is 89.0 cm³/mol. The lowest BCUT2D eigenvalue weighted by Crippen LogP contribution is -2.22. The van der Waals surface area contributed by atoms with Crippen molar-refractivity contribution in [3.8, 4) is 5.75 Å². The highest BCUT2D eigenvalue weighted by Crippen LogP contribution is 2.25. The van der Waals surface area contributed by atoms with E-state index in [1.807, 2.05) is 19.1 Å². The maximum Gasteiger partial charge on any atom is 0.233 e. The van der Waals surface area contributed by atoms with Crippen molar-refractivity contribution in [1.82, 2.24) is 9.97 Å². The molecule has 0 radical (unpaired) electrons. The number of carbonyl (C=O) groups is 1. The van der Waals surface area contributed by atoms with Gasteiger partial charge in [-0.3, -0.25) is 9.78 Å². The molecule has 2 aromatic rings. The third-order valence-corrected chi connectivity index (χ3v) is 3.71. The van der Waals surface area contributed by atoms with Crippen LogP contribution in [0.4, 0.5) is 5.82 Å². The highest BCUT2D eigenvalue weighted by atomic mass is 79.9. The smallest absolute Gasteiger partial charge is 0.233 e. The van der Waals surface area contributed by atoms with Crippen LogP contribution in [0.5, 0.6) is 5.75 Å². The lowest BCUT2D eigenvalue weighted by molar-refractivity contribution is -0.117. The summed E-state index contributed by atoms with van der Waals surface area (Å²) in [6.07, 6.45) is 6.61. The standard InChI is InChI=1S/C16H18BrN3O2/c1-3-4-14(11-7-13(22-2)10-18-8-11)16(21)20-15-6-5-12(17)9-19-15/h5-10,14H,3-4H2,1-2H3,(H,19,20,21). The number of nitrogens with one attached hydrogen (secondary N) is 1. The van der Waals surface area contributed by atoms with E-state index in [1.165, 1.54) is 0 Å². The zero-order valence-electron chi connectivity index (χ0n) is 12.5. The number of methoxy groups -OCH3 is 1. The first-order valence-electron chi connectivity index (χ1n) is 7.05. The topological polar surface area (TPSA) is 64.1 Å². The Morgan fingerprint density at radius 3 is 2.82 bits per heavy atom. The van der Waals surface area contributed by atoms with Gasteiger partial charge < -0.3 is 10.1 Å². The Morgan fingerprint density at radius 2 is 2.18 bits per heavy atom. The number of hydrogen-bond donors (Lipinski definition) is 1. The summed E-state index contributed by atoms with van der Waals surface area (Å²) in [7, 11) is 1.58. The van der Waals surface area contributed by atoms with Gasteiger partial charge in [-0.1, -0.05) is 13.3 Å². The fraction of sp³-hybridized carbons (Fsp3) is 0.312. The van der Waals surface area contributed by atoms with Crippen molar-refractivity contribution in [1.29, 1.82) is 0 Å². The minimum atomic E-state index is -0.280. The Morgan fingerprint density at radius 1 is 1.36 bits per heavy atom. The van der Waals surface area contributed by atoms with Crippen LogP contribution in [-0.2, 0) is 4.79 Å². The zero-order chi connectivity index (χ0) is 15.9. The number of pyridine rings is 2. The first kappa shape index (κ1) is 16.4. The summed E-state index contributed by atoms with van der Waals surface area (Å²) in [5.74, 6) is 0.808. The average Bonchev–Trinajstić information content (AvgIpc) is 2.54. The van der Waals surface area contributed by atoms with Crippen LogP contribution in [0.15, 0.2) is 41.3 Å². The number of aromatic nitrogens is 2. The molecule has 0 fully saturated rings. The molecule has 1 amide bonds. The van der Waals surface area contributed by atoms with E-state index in [0.29, 0.717) is 11.6 Å². The van der Waals surface area contributed by atoms with Crippen LogP contribution in [0.1, 0.15) is 31.2 Å². The van der Waals surface area contributed by atoms with Gasteiger partial charge in [0.05, 0.1) is 19.2 Å². The van der Waals surface area contributed by atoms with Crippen molar-refractivity contribution < 1.29 is 9.53 Å². The second kappa shape index (κ2) is 7.89. The molecule has 0 saturated carbocycles. The summed E-state index contributed by atoms with van der Waals surface area (Å²) in [6.45, 7) is 2.05. The van der Waals surface area contributed by atoms with E-state index >= 15 is 0 Å². The fourth-order valence-electron chi connectivity index (χ4n) is 2.14. The Labute approximate surface area is 138 Å². The molecule has 0 saturated heterocycles. The first-order valence-corrected chi connectivity index (χ1v) is 7.84. The first-order chi connectivity index (χ1) is 10.6. The molecule has 6 heteroatoms. The van der Waals surface area contributed by atoms with Gasteiger partial charge >= 0.3 is 0 Å². The third kappa shape index (κ3) is 4.27. The van der Waals surface area contributed by atoms with Gasteiger partial charge in [0.15, 0.2) is 0 Å². The molecule has 5 nitrogen and oxygen atoms in total. The second-order valence-corrected chi connectivity index (χ2v) is 5.77. The van der Waals surface area contributed by atoms with Gasteiger partial charge in [0.2, 0.25) is 5.91 Å². The van der Waals surface area contributed by atoms with E-state index in [1.54, 1.807) is 31.8 Å². The molecule has 1 unspecified atom stereocenters. The number of carbonyl (C=O) groups excluding carboxylic acids is 1. The summed E-state index contributed by atoms with van der Waals surface area (Å²) in [4.78, 5) is 20.9. The molecule has 0 spiro atoms. The van der Waals surface area contributed by atoms with Gasteiger partial charge in [-0.2, -0.15) is 0 Å². The Bertz CT molecular complexity index is 632. The molecule has 0 aliphatic rings. The van der Waals surface area contributed by atoms with E-state index in [2.05, 4.69) is 31.2 Å². The van der Waals surface area contributed by atoms with Crippen LogP contribution in [0.25, 0.3) is 0 Å². The van der Waals surface area contributed by atoms with Crippen molar-refractivity contribution in [2.24, 2.45) is 0 Å². The van der Waals surface area contributed by atoms with E-state index in [9.17, 15) is 4.79 Å². The quantitative estimate of drug-likeness (QED) is 0.848. The molecule has 1 atom stereocenters. The minimum Gasteiger partial charge on any atom is -0.495 e. The molecule has 2 rings (SSSR count). The van der Waals surface area contributed by atoms with Crippen LogP contribution in [-0.4, -0.2) is 23.0 Å². The number of rotatable bonds is 6. The molecule has 0 aliphatic heterocycles. The molecular weight excluding hydrogens is 346 g/mol. The van der Waals surface area contributed by atoms with Crippen LogP contribution in [0, 0.1) is 0 Å². The van der Waals surface area contributed by atoms with Crippen molar-refractivity contribution in [2.75, 3.05) is 12.4 Å². The zero-order valence-corrected chi connectivity index (χ0v) is 14.1. The van der Waals surface area contributed by atoms with Crippen LogP contribution in [0.2, 0.25) is 0 Å². The molecule has 0 aliphatic carbocycles. The molecule has 2 aromatic heterocycles. The highest BCUT2D eigenvalue weighted by Gasteiger charge is 2.21. The van der Waals surface area contributed by atoms with Crippen molar-refractivity contribution in [3.05, 3.63) is 46.8 Å². The number of nitrogens with zero attached hydrogens (tertiary/aromatic N) is 2. The Kier molecular flexibility index (Phi) is 5.89. The van der Waals surface area contributed by atoms with E-state index in [4.69, 9.17) is 4.74 Å². The average molecular weight is 364 g/mol. The van der Waals surface area contributed by atoms with Crippen LogP contribution < -0.4 is 10.1 Å². The van der Waals surface area contributed by atoms with Crippen molar-refractivity contribution in [2.45, 2.75) is 25.7 Å². The van der Waals surface area contributed by atoms with Gasteiger partial charge in [-0.25, -0.2) is 4.98 Å². The van der Waals surface area contributed by atoms with Crippen LogP contribution >= 0.6 is 15.9 Å². The number of hydrogen-bond acceptors (Lipinski definition) is 4. The highest BCUT2D eigenvalue weighted by molar-refractivity contribution is 9.10. The van der Waals surface area contributed by atoms with Gasteiger partial charge in [0, 0.05) is 16.9 Å². The van der Waals surface area contributed by atoms with Gasteiger partial charge in [-0.05, 0) is 46.1 Å². The normalized spacial score (nSPS) is 11.8. The lowest BCUT2D eigenvalue weighted by Gasteiger charge is -2.16. The number of anilines is 1. The SMILES string of the molecule is CCCC(C(=O)Nc1ccc(Br)cn1)c1cncc(OC)c1. The van der Waals surface area contributed by atoms with Crippen molar-refractivity contribution in [3.63, 3.8) is 0 Å². The van der Waals surface area contributed by atoms with E-state index in [0.717, 1.165) is 22.9 Å².